The number of hydrogen-bond donors (Lipinski definition) is 1. The fraction of sp³-hybridized carbons (Fsp3) is 0.227. The Bertz CT molecular complexity index is 1170. The highest BCUT2D eigenvalue weighted by atomic mass is 79.9. The fourth-order valence-corrected chi connectivity index (χ4v) is 5.58. The zero-order valence-electron chi connectivity index (χ0n) is 16.2. The van der Waals surface area contributed by atoms with Crippen molar-refractivity contribution in [2.45, 2.75) is 17.7 Å². The monoisotopic (exact) mass is 488 g/mol. The SMILES string of the molecule is O=C(COc1ccc2ccccc2c1Br)Nc1ccc(S(=O)(=O)N2CCCC2)cc1. The number of ether oxygens (including phenoxy) is 1. The summed E-state index contributed by atoms with van der Waals surface area (Å²) in [4.78, 5) is 12.5. The van der Waals surface area contributed by atoms with E-state index in [0.717, 1.165) is 28.1 Å². The van der Waals surface area contributed by atoms with E-state index in [2.05, 4.69) is 21.2 Å². The van der Waals surface area contributed by atoms with Crippen molar-refractivity contribution in [3.63, 3.8) is 0 Å². The second-order valence-electron chi connectivity index (χ2n) is 7.07. The molecule has 0 radical (unpaired) electrons. The maximum Gasteiger partial charge on any atom is 0.262 e. The molecule has 0 unspecified atom stereocenters. The molecule has 0 bridgehead atoms. The van der Waals surface area contributed by atoms with E-state index < -0.39 is 10.0 Å². The summed E-state index contributed by atoms with van der Waals surface area (Å²) in [5.74, 6) is 0.251. The molecule has 1 fully saturated rings. The van der Waals surface area contributed by atoms with Gasteiger partial charge in [-0.05, 0) is 69.9 Å². The number of fused-ring (bicyclic) bond motifs is 1. The normalized spacial score (nSPS) is 14.7. The van der Waals surface area contributed by atoms with Crippen LogP contribution in [0.1, 0.15) is 12.8 Å². The number of carbonyl (C=O) groups is 1. The van der Waals surface area contributed by atoms with E-state index in [9.17, 15) is 13.2 Å². The van der Waals surface area contributed by atoms with Crippen LogP contribution in [0.3, 0.4) is 0 Å². The van der Waals surface area contributed by atoms with Crippen LogP contribution in [0, 0.1) is 0 Å². The van der Waals surface area contributed by atoms with E-state index >= 15 is 0 Å². The van der Waals surface area contributed by atoms with Gasteiger partial charge < -0.3 is 10.1 Å². The molecule has 3 aromatic carbocycles. The molecular weight excluding hydrogens is 468 g/mol. The van der Waals surface area contributed by atoms with Crippen molar-refractivity contribution in [2.75, 3.05) is 25.0 Å². The average molecular weight is 489 g/mol. The Hall–Kier alpha value is -2.42. The third-order valence-corrected chi connectivity index (χ3v) is 7.76. The van der Waals surface area contributed by atoms with Gasteiger partial charge >= 0.3 is 0 Å². The molecule has 30 heavy (non-hydrogen) atoms. The zero-order chi connectivity index (χ0) is 21.1. The van der Waals surface area contributed by atoms with Crippen molar-refractivity contribution in [3.05, 3.63) is 65.1 Å². The van der Waals surface area contributed by atoms with Crippen LogP contribution in [0.5, 0.6) is 5.75 Å². The van der Waals surface area contributed by atoms with Crippen LogP contribution in [0.25, 0.3) is 10.8 Å². The average Bonchev–Trinajstić information content (AvgIpc) is 3.30. The fourth-order valence-electron chi connectivity index (χ4n) is 3.45. The third kappa shape index (κ3) is 4.35. The summed E-state index contributed by atoms with van der Waals surface area (Å²) in [5, 5.41) is 4.81. The molecule has 0 spiro atoms. The molecule has 4 rings (SSSR count). The summed E-state index contributed by atoms with van der Waals surface area (Å²) in [6.07, 6.45) is 1.78. The van der Waals surface area contributed by atoms with Gasteiger partial charge in [0.1, 0.15) is 5.75 Å². The number of nitrogens with zero attached hydrogens (tertiary/aromatic N) is 1. The van der Waals surface area contributed by atoms with E-state index in [0.29, 0.717) is 24.5 Å². The van der Waals surface area contributed by atoms with E-state index in [4.69, 9.17) is 4.74 Å². The number of hydrogen-bond acceptors (Lipinski definition) is 4. The molecular formula is C22H21BrN2O4S. The van der Waals surface area contributed by atoms with Crippen molar-refractivity contribution in [2.24, 2.45) is 0 Å². The Labute approximate surface area is 184 Å². The van der Waals surface area contributed by atoms with E-state index in [1.807, 2.05) is 36.4 Å². The minimum absolute atomic E-state index is 0.162. The number of carbonyl (C=O) groups excluding carboxylic acids is 1. The van der Waals surface area contributed by atoms with Crippen LogP contribution in [0.4, 0.5) is 5.69 Å². The van der Waals surface area contributed by atoms with Crippen LogP contribution >= 0.6 is 15.9 Å². The number of sulfonamides is 1. The maximum absolute atomic E-state index is 12.6. The quantitative estimate of drug-likeness (QED) is 0.557. The summed E-state index contributed by atoms with van der Waals surface area (Å²) >= 11 is 3.54. The van der Waals surface area contributed by atoms with Gasteiger partial charge in [0.2, 0.25) is 10.0 Å². The molecule has 1 N–H and O–H groups in total. The van der Waals surface area contributed by atoms with E-state index in [-0.39, 0.29) is 17.4 Å². The molecule has 6 nitrogen and oxygen atoms in total. The Morgan fingerprint density at radius 3 is 2.43 bits per heavy atom. The minimum atomic E-state index is -3.46. The smallest absolute Gasteiger partial charge is 0.262 e. The second-order valence-corrected chi connectivity index (χ2v) is 9.80. The van der Waals surface area contributed by atoms with Gasteiger partial charge in [-0.25, -0.2) is 8.42 Å². The van der Waals surface area contributed by atoms with Crippen LogP contribution in [-0.2, 0) is 14.8 Å². The van der Waals surface area contributed by atoms with E-state index in [1.165, 1.54) is 16.4 Å². The molecule has 156 valence electrons. The second kappa shape index (κ2) is 8.75. The predicted molar refractivity (Wildman–Crippen MR) is 120 cm³/mol. The van der Waals surface area contributed by atoms with Gasteiger partial charge in [0.15, 0.2) is 6.61 Å². The standard InChI is InChI=1S/C22H21BrN2O4S/c23-22-19-6-2-1-5-16(19)7-12-20(22)29-15-21(26)24-17-8-10-18(11-9-17)30(27,28)25-13-3-4-14-25/h1-2,5-12H,3-4,13-15H2,(H,24,26). The summed E-state index contributed by atoms with van der Waals surface area (Å²) in [7, 11) is -3.46. The Kier molecular flexibility index (Phi) is 6.08. The number of amides is 1. The molecule has 8 heteroatoms. The van der Waals surface area contributed by atoms with Crippen LogP contribution in [0.15, 0.2) is 70.0 Å². The maximum atomic E-state index is 12.6. The van der Waals surface area contributed by atoms with Gasteiger partial charge in [0.25, 0.3) is 5.91 Å². The molecule has 1 heterocycles. The highest BCUT2D eigenvalue weighted by Crippen LogP contribution is 2.33. The number of anilines is 1. The predicted octanol–water partition coefficient (Wildman–Crippen LogP) is 4.40. The third-order valence-electron chi connectivity index (χ3n) is 5.03. The first kappa shape index (κ1) is 20.8. The van der Waals surface area contributed by atoms with Crippen LogP contribution in [-0.4, -0.2) is 38.3 Å². The van der Waals surface area contributed by atoms with Crippen LogP contribution < -0.4 is 10.1 Å². The molecule has 1 aliphatic rings. The Morgan fingerprint density at radius 2 is 1.70 bits per heavy atom. The topological polar surface area (TPSA) is 75.7 Å². The molecule has 0 atom stereocenters. The molecule has 1 aliphatic heterocycles. The first-order valence-corrected chi connectivity index (χ1v) is 11.9. The lowest BCUT2D eigenvalue weighted by Crippen LogP contribution is -2.27. The van der Waals surface area contributed by atoms with Gasteiger partial charge in [-0.3, -0.25) is 4.79 Å². The lowest BCUT2D eigenvalue weighted by Gasteiger charge is -2.15. The Balaban J connectivity index is 1.38. The lowest BCUT2D eigenvalue weighted by atomic mass is 10.1. The summed E-state index contributed by atoms with van der Waals surface area (Å²) in [5.41, 5.74) is 0.515. The Morgan fingerprint density at radius 1 is 1.00 bits per heavy atom. The van der Waals surface area contributed by atoms with Crippen molar-refractivity contribution in [1.29, 1.82) is 0 Å². The molecule has 0 aliphatic carbocycles. The first-order valence-electron chi connectivity index (χ1n) is 9.65. The van der Waals surface area contributed by atoms with Crippen molar-refractivity contribution in [1.82, 2.24) is 4.31 Å². The lowest BCUT2D eigenvalue weighted by molar-refractivity contribution is -0.118. The number of benzene rings is 3. The zero-order valence-corrected chi connectivity index (χ0v) is 18.6. The largest absolute Gasteiger partial charge is 0.483 e. The van der Waals surface area contributed by atoms with Gasteiger partial charge in [-0.15, -0.1) is 0 Å². The molecule has 0 aromatic heterocycles. The molecule has 3 aromatic rings. The number of rotatable bonds is 6. The van der Waals surface area contributed by atoms with Gasteiger partial charge in [0, 0.05) is 18.8 Å². The molecule has 0 saturated carbocycles. The van der Waals surface area contributed by atoms with Gasteiger partial charge in [0.05, 0.1) is 9.37 Å². The van der Waals surface area contributed by atoms with Crippen molar-refractivity contribution < 1.29 is 17.9 Å². The van der Waals surface area contributed by atoms with Crippen LogP contribution in [0.2, 0.25) is 0 Å². The van der Waals surface area contributed by atoms with Crippen molar-refractivity contribution in [3.8, 4) is 5.75 Å². The first-order chi connectivity index (χ1) is 14.4. The number of nitrogens with one attached hydrogen (secondary N) is 1. The molecule has 1 amide bonds. The highest BCUT2D eigenvalue weighted by molar-refractivity contribution is 9.10. The number of halogens is 1. The van der Waals surface area contributed by atoms with E-state index in [1.54, 1.807) is 12.1 Å². The van der Waals surface area contributed by atoms with Gasteiger partial charge in [-0.1, -0.05) is 30.3 Å². The highest BCUT2D eigenvalue weighted by Gasteiger charge is 2.26. The van der Waals surface area contributed by atoms with Crippen molar-refractivity contribution >= 4 is 48.3 Å². The van der Waals surface area contributed by atoms with Gasteiger partial charge in [-0.2, -0.15) is 4.31 Å². The summed E-state index contributed by atoms with van der Waals surface area (Å²) < 4.78 is 33.1. The summed E-state index contributed by atoms with van der Waals surface area (Å²) in [6.45, 7) is 0.954. The summed E-state index contributed by atoms with van der Waals surface area (Å²) in [6, 6.07) is 17.9. The molecule has 1 saturated heterocycles. The minimum Gasteiger partial charge on any atom is -0.483 e.